The number of likely N-dealkylation sites (tertiary alicyclic amines) is 1. The van der Waals surface area contributed by atoms with Crippen molar-refractivity contribution in [3.63, 3.8) is 0 Å². The number of piperidine rings is 1. The SMILES string of the molecule is CC1CC=CCC1COCC(=O)N1CCC(C(=O)O)CC1. The number of carbonyl (C=O) groups is 2. The second-order valence-electron chi connectivity index (χ2n) is 6.19. The first-order chi connectivity index (χ1) is 10.1. The molecule has 0 saturated carbocycles. The second kappa shape index (κ2) is 7.59. The summed E-state index contributed by atoms with van der Waals surface area (Å²) in [4.78, 5) is 24.6. The molecule has 1 amide bonds. The third-order valence-electron chi connectivity index (χ3n) is 4.67. The van der Waals surface area contributed by atoms with E-state index in [2.05, 4.69) is 19.1 Å². The highest BCUT2D eigenvalue weighted by Gasteiger charge is 2.27. The number of hydrogen-bond donors (Lipinski definition) is 1. The molecular weight excluding hydrogens is 270 g/mol. The lowest BCUT2D eigenvalue weighted by Crippen LogP contribution is -2.42. The van der Waals surface area contributed by atoms with Crippen LogP contribution < -0.4 is 0 Å². The van der Waals surface area contributed by atoms with Gasteiger partial charge in [0.2, 0.25) is 5.91 Å². The van der Waals surface area contributed by atoms with Gasteiger partial charge in [0, 0.05) is 13.1 Å². The number of nitrogens with zero attached hydrogens (tertiary/aromatic N) is 1. The monoisotopic (exact) mass is 295 g/mol. The number of carbonyl (C=O) groups excluding carboxylic acids is 1. The van der Waals surface area contributed by atoms with Gasteiger partial charge >= 0.3 is 5.97 Å². The number of allylic oxidation sites excluding steroid dienone is 2. The van der Waals surface area contributed by atoms with Crippen LogP contribution in [0.4, 0.5) is 0 Å². The fourth-order valence-electron chi connectivity index (χ4n) is 3.00. The van der Waals surface area contributed by atoms with E-state index in [1.54, 1.807) is 4.90 Å². The standard InChI is InChI=1S/C16H25NO4/c1-12-4-2-3-5-14(12)10-21-11-15(18)17-8-6-13(7-9-17)16(19)20/h2-3,12-14H,4-11H2,1H3,(H,19,20). The molecule has 1 saturated heterocycles. The van der Waals surface area contributed by atoms with Crippen molar-refractivity contribution in [2.24, 2.45) is 17.8 Å². The Morgan fingerprint density at radius 3 is 2.52 bits per heavy atom. The third kappa shape index (κ3) is 4.56. The number of carboxylic acid groups (broad SMARTS) is 1. The van der Waals surface area contributed by atoms with E-state index in [9.17, 15) is 9.59 Å². The quantitative estimate of drug-likeness (QED) is 0.787. The van der Waals surface area contributed by atoms with Gasteiger partial charge in [-0.2, -0.15) is 0 Å². The van der Waals surface area contributed by atoms with Crippen LogP contribution in [0.25, 0.3) is 0 Å². The van der Waals surface area contributed by atoms with Crippen molar-refractivity contribution in [1.82, 2.24) is 4.90 Å². The van der Waals surface area contributed by atoms with Crippen molar-refractivity contribution < 1.29 is 19.4 Å². The van der Waals surface area contributed by atoms with E-state index in [1.165, 1.54) is 0 Å². The Hall–Kier alpha value is -1.36. The first-order valence-corrected chi connectivity index (χ1v) is 7.81. The fourth-order valence-corrected chi connectivity index (χ4v) is 3.00. The first kappa shape index (κ1) is 16.0. The molecule has 1 aliphatic heterocycles. The molecule has 1 fully saturated rings. The summed E-state index contributed by atoms with van der Waals surface area (Å²) >= 11 is 0. The minimum Gasteiger partial charge on any atom is -0.481 e. The Labute approximate surface area is 126 Å². The summed E-state index contributed by atoms with van der Waals surface area (Å²) in [6.45, 7) is 4.02. The van der Waals surface area contributed by atoms with Gasteiger partial charge < -0.3 is 14.7 Å². The van der Waals surface area contributed by atoms with Crippen LogP contribution in [0, 0.1) is 17.8 Å². The minimum absolute atomic E-state index is 0.0159. The average Bonchev–Trinajstić information content (AvgIpc) is 2.49. The molecule has 0 aromatic heterocycles. The second-order valence-corrected chi connectivity index (χ2v) is 6.19. The van der Waals surface area contributed by atoms with Crippen LogP contribution in [-0.2, 0) is 14.3 Å². The molecule has 2 unspecified atom stereocenters. The third-order valence-corrected chi connectivity index (χ3v) is 4.67. The van der Waals surface area contributed by atoms with Crippen LogP contribution in [0.2, 0.25) is 0 Å². The lowest BCUT2D eigenvalue weighted by atomic mass is 9.85. The molecule has 21 heavy (non-hydrogen) atoms. The molecule has 5 nitrogen and oxygen atoms in total. The number of hydrogen-bond acceptors (Lipinski definition) is 3. The normalized spacial score (nSPS) is 26.8. The fraction of sp³-hybridized carbons (Fsp3) is 0.750. The molecule has 0 aromatic carbocycles. The summed E-state index contributed by atoms with van der Waals surface area (Å²) in [5, 5.41) is 8.94. The van der Waals surface area contributed by atoms with E-state index >= 15 is 0 Å². The first-order valence-electron chi connectivity index (χ1n) is 7.81. The van der Waals surface area contributed by atoms with Crippen LogP contribution in [0.3, 0.4) is 0 Å². The molecule has 0 aromatic rings. The molecule has 1 heterocycles. The predicted molar refractivity (Wildman–Crippen MR) is 78.8 cm³/mol. The molecule has 5 heteroatoms. The predicted octanol–water partition coefficient (Wildman–Crippen LogP) is 1.93. The highest BCUT2D eigenvalue weighted by molar-refractivity contribution is 5.78. The zero-order chi connectivity index (χ0) is 15.2. The van der Waals surface area contributed by atoms with Crippen LogP contribution in [0.5, 0.6) is 0 Å². The van der Waals surface area contributed by atoms with Gasteiger partial charge in [0.05, 0.1) is 12.5 Å². The molecule has 2 aliphatic rings. The summed E-state index contributed by atoms with van der Waals surface area (Å²) in [5.74, 6) is 0.0392. The van der Waals surface area contributed by atoms with Crippen LogP contribution in [-0.4, -0.2) is 48.2 Å². The maximum atomic E-state index is 12.0. The van der Waals surface area contributed by atoms with Gasteiger partial charge in [0.15, 0.2) is 0 Å². The topological polar surface area (TPSA) is 66.8 Å². The molecule has 2 atom stereocenters. The van der Waals surface area contributed by atoms with Crippen molar-refractivity contribution in [2.45, 2.75) is 32.6 Å². The molecular formula is C16H25NO4. The molecule has 1 aliphatic carbocycles. The van der Waals surface area contributed by atoms with Gasteiger partial charge in [0.25, 0.3) is 0 Å². The zero-order valence-electron chi connectivity index (χ0n) is 12.7. The van der Waals surface area contributed by atoms with Crippen molar-refractivity contribution in [2.75, 3.05) is 26.3 Å². The summed E-state index contributed by atoms with van der Waals surface area (Å²) in [6, 6.07) is 0. The number of aliphatic carboxylic acids is 1. The highest BCUT2D eigenvalue weighted by Crippen LogP contribution is 2.25. The lowest BCUT2D eigenvalue weighted by molar-refractivity contribution is -0.147. The van der Waals surface area contributed by atoms with Gasteiger partial charge in [-0.3, -0.25) is 9.59 Å². The minimum atomic E-state index is -0.752. The molecule has 0 spiro atoms. The van der Waals surface area contributed by atoms with E-state index in [0.717, 1.165) is 12.8 Å². The number of amides is 1. The maximum Gasteiger partial charge on any atom is 0.306 e. The Kier molecular flexibility index (Phi) is 5.79. The average molecular weight is 295 g/mol. The van der Waals surface area contributed by atoms with Gasteiger partial charge in [-0.1, -0.05) is 19.1 Å². The molecule has 0 bridgehead atoms. The van der Waals surface area contributed by atoms with Crippen molar-refractivity contribution in [3.8, 4) is 0 Å². The summed E-state index contributed by atoms with van der Waals surface area (Å²) in [7, 11) is 0. The molecule has 0 radical (unpaired) electrons. The highest BCUT2D eigenvalue weighted by atomic mass is 16.5. The summed E-state index contributed by atoms with van der Waals surface area (Å²) < 4.78 is 5.59. The van der Waals surface area contributed by atoms with Crippen molar-refractivity contribution in [1.29, 1.82) is 0 Å². The Morgan fingerprint density at radius 1 is 1.24 bits per heavy atom. The number of ether oxygens (including phenoxy) is 1. The maximum absolute atomic E-state index is 12.0. The van der Waals surface area contributed by atoms with Crippen LogP contribution >= 0.6 is 0 Å². The molecule has 118 valence electrons. The molecule has 1 N–H and O–H groups in total. The lowest BCUT2D eigenvalue weighted by Gasteiger charge is -2.30. The Balaban J connectivity index is 1.66. The van der Waals surface area contributed by atoms with Gasteiger partial charge in [-0.25, -0.2) is 0 Å². The smallest absolute Gasteiger partial charge is 0.306 e. The largest absolute Gasteiger partial charge is 0.481 e. The van der Waals surface area contributed by atoms with Gasteiger partial charge in [0.1, 0.15) is 6.61 Å². The van der Waals surface area contributed by atoms with E-state index in [4.69, 9.17) is 9.84 Å². The summed E-state index contributed by atoms with van der Waals surface area (Å²) in [5.41, 5.74) is 0. The Bertz CT molecular complexity index is 399. The number of rotatable bonds is 5. The van der Waals surface area contributed by atoms with E-state index in [1.807, 2.05) is 0 Å². The Morgan fingerprint density at radius 2 is 1.90 bits per heavy atom. The number of carboxylic acids is 1. The van der Waals surface area contributed by atoms with Gasteiger partial charge in [-0.05, 0) is 37.5 Å². The van der Waals surface area contributed by atoms with Crippen molar-refractivity contribution >= 4 is 11.9 Å². The molecule has 2 rings (SSSR count). The van der Waals surface area contributed by atoms with E-state index in [0.29, 0.717) is 44.4 Å². The van der Waals surface area contributed by atoms with E-state index < -0.39 is 5.97 Å². The summed E-state index contributed by atoms with van der Waals surface area (Å²) in [6.07, 6.45) is 7.60. The van der Waals surface area contributed by atoms with Crippen LogP contribution in [0.15, 0.2) is 12.2 Å². The van der Waals surface area contributed by atoms with Crippen molar-refractivity contribution in [3.05, 3.63) is 12.2 Å². The zero-order valence-corrected chi connectivity index (χ0v) is 12.7. The van der Waals surface area contributed by atoms with Crippen LogP contribution in [0.1, 0.15) is 32.6 Å². The van der Waals surface area contributed by atoms with Gasteiger partial charge in [-0.15, -0.1) is 0 Å². The van der Waals surface area contributed by atoms with E-state index in [-0.39, 0.29) is 18.4 Å².